The van der Waals surface area contributed by atoms with Crippen LogP contribution in [0.25, 0.3) is 0 Å². The number of sulfonamides is 1. The summed E-state index contributed by atoms with van der Waals surface area (Å²) in [6, 6.07) is 0.772. The quantitative estimate of drug-likeness (QED) is 0.841. The maximum Gasteiger partial charge on any atom is 0.266 e. The van der Waals surface area contributed by atoms with E-state index < -0.39 is 32.9 Å². The Morgan fingerprint density at radius 2 is 2.00 bits per heavy atom. The molecule has 1 rings (SSSR count). The molecule has 0 unspecified atom stereocenters. The SMILES string of the molecule is Cc1cc(C(F)F)c(F)c(S(N)(=O)=O)n1. The summed E-state index contributed by atoms with van der Waals surface area (Å²) in [4.78, 5) is 3.27. The van der Waals surface area contributed by atoms with Crippen LogP contribution in [0.3, 0.4) is 0 Å². The van der Waals surface area contributed by atoms with E-state index in [1.807, 2.05) is 0 Å². The van der Waals surface area contributed by atoms with Gasteiger partial charge in [0.1, 0.15) is 0 Å². The van der Waals surface area contributed by atoms with Crippen LogP contribution in [0.15, 0.2) is 11.1 Å². The summed E-state index contributed by atoms with van der Waals surface area (Å²) >= 11 is 0. The summed E-state index contributed by atoms with van der Waals surface area (Å²) in [6.45, 7) is 1.26. The van der Waals surface area contributed by atoms with Crippen LogP contribution in [0.5, 0.6) is 0 Å². The van der Waals surface area contributed by atoms with Crippen LogP contribution < -0.4 is 5.14 Å². The van der Waals surface area contributed by atoms with Gasteiger partial charge in [-0.2, -0.15) is 0 Å². The number of nitrogens with zero attached hydrogens (tertiary/aromatic N) is 1. The molecule has 1 heterocycles. The molecule has 1 aromatic heterocycles. The van der Waals surface area contributed by atoms with Crippen molar-refractivity contribution in [2.24, 2.45) is 5.14 Å². The molecule has 0 radical (unpaired) electrons. The number of aryl methyl sites for hydroxylation is 1. The van der Waals surface area contributed by atoms with Gasteiger partial charge in [0, 0.05) is 5.69 Å². The minimum atomic E-state index is -4.43. The van der Waals surface area contributed by atoms with E-state index in [1.165, 1.54) is 6.92 Å². The van der Waals surface area contributed by atoms with Crippen molar-refractivity contribution in [3.8, 4) is 0 Å². The van der Waals surface area contributed by atoms with Crippen molar-refractivity contribution in [3.63, 3.8) is 0 Å². The lowest BCUT2D eigenvalue weighted by molar-refractivity contribution is 0.145. The fourth-order valence-corrected chi connectivity index (χ4v) is 1.64. The fraction of sp³-hybridized carbons (Fsp3) is 0.286. The second kappa shape index (κ2) is 3.78. The number of aromatic nitrogens is 1. The maximum atomic E-state index is 13.2. The van der Waals surface area contributed by atoms with E-state index in [2.05, 4.69) is 10.1 Å². The smallest absolute Gasteiger partial charge is 0.238 e. The van der Waals surface area contributed by atoms with Crippen LogP contribution in [0, 0.1) is 12.7 Å². The molecule has 0 aromatic carbocycles. The lowest BCUT2D eigenvalue weighted by Gasteiger charge is -2.06. The van der Waals surface area contributed by atoms with Gasteiger partial charge in [0.15, 0.2) is 5.82 Å². The molecule has 0 aliphatic heterocycles. The lowest BCUT2D eigenvalue weighted by atomic mass is 10.2. The van der Waals surface area contributed by atoms with Gasteiger partial charge in [-0.15, -0.1) is 0 Å². The van der Waals surface area contributed by atoms with E-state index in [4.69, 9.17) is 0 Å². The largest absolute Gasteiger partial charge is 0.266 e. The molecule has 0 saturated heterocycles. The number of hydrogen-bond acceptors (Lipinski definition) is 3. The first-order valence-electron chi connectivity index (χ1n) is 3.71. The van der Waals surface area contributed by atoms with Crippen molar-refractivity contribution in [1.29, 1.82) is 0 Å². The van der Waals surface area contributed by atoms with Gasteiger partial charge in [0.25, 0.3) is 16.4 Å². The highest BCUT2D eigenvalue weighted by Crippen LogP contribution is 2.25. The zero-order chi connectivity index (χ0) is 11.8. The Hall–Kier alpha value is -1.15. The Balaban J connectivity index is 3.56. The van der Waals surface area contributed by atoms with Crippen LogP contribution >= 0.6 is 0 Å². The second-order valence-corrected chi connectivity index (χ2v) is 4.29. The maximum absolute atomic E-state index is 13.2. The van der Waals surface area contributed by atoms with Crippen LogP contribution in [-0.4, -0.2) is 13.4 Å². The first-order chi connectivity index (χ1) is 6.73. The second-order valence-electron chi connectivity index (χ2n) is 2.82. The fourth-order valence-electron chi connectivity index (χ4n) is 1.00. The molecule has 0 fully saturated rings. The van der Waals surface area contributed by atoms with Crippen molar-refractivity contribution in [2.75, 3.05) is 0 Å². The average molecular weight is 240 g/mol. The number of rotatable bonds is 2. The Kier molecular flexibility index (Phi) is 3.00. The number of halogens is 3. The highest BCUT2D eigenvalue weighted by atomic mass is 32.2. The predicted octanol–water partition coefficient (Wildman–Crippen LogP) is 1.11. The summed E-state index contributed by atoms with van der Waals surface area (Å²) in [7, 11) is -4.43. The first-order valence-corrected chi connectivity index (χ1v) is 5.26. The van der Waals surface area contributed by atoms with Crippen molar-refractivity contribution >= 4 is 10.0 Å². The zero-order valence-electron chi connectivity index (χ0n) is 7.54. The summed E-state index contributed by atoms with van der Waals surface area (Å²) in [5.74, 6) is -1.60. The summed E-state index contributed by atoms with van der Waals surface area (Å²) in [6.07, 6.45) is -3.12. The van der Waals surface area contributed by atoms with Gasteiger partial charge >= 0.3 is 0 Å². The molecule has 0 amide bonds. The van der Waals surface area contributed by atoms with Gasteiger partial charge in [-0.25, -0.2) is 31.7 Å². The summed E-state index contributed by atoms with van der Waals surface area (Å²) < 4.78 is 59.4. The standard InChI is InChI=1S/C7H7F3N2O2S/c1-3-2-4(6(9)10)5(8)7(12-3)15(11,13)14/h2,6H,1H3,(H2,11,13,14). The van der Waals surface area contributed by atoms with E-state index >= 15 is 0 Å². The Morgan fingerprint density at radius 3 is 2.40 bits per heavy atom. The average Bonchev–Trinajstić information content (AvgIpc) is 2.06. The van der Waals surface area contributed by atoms with E-state index in [0.29, 0.717) is 0 Å². The van der Waals surface area contributed by atoms with Crippen LogP contribution in [-0.2, 0) is 10.0 Å². The minimum absolute atomic E-state index is 0.0456. The zero-order valence-corrected chi connectivity index (χ0v) is 8.35. The van der Waals surface area contributed by atoms with E-state index in [1.54, 1.807) is 0 Å². The van der Waals surface area contributed by atoms with Crippen LogP contribution in [0.4, 0.5) is 13.2 Å². The molecule has 4 nitrogen and oxygen atoms in total. The molecule has 0 atom stereocenters. The number of hydrogen-bond donors (Lipinski definition) is 1. The van der Waals surface area contributed by atoms with Crippen molar-refractivity contribution in [3.05, 3.63) is 23.1 Å². The highest BCUT2D eigenvalue weighted by molar-refractivity contribution is 7.89. The molecular formula is C7H7F3N2O2S. The minimum Gasteiger partial charge on any atom is -0.238 e. The Labute approximate surface area is 84.0 Å². The van der Waals surface area contributed by atoms with Gasteiger partial charge in [-0.05, 0) is 13.0 Å². The molecule has 1 aromatic rings. The van der Waals surface area contributed by atoms with Crippen molar-refractivity contribution < 1.29 is 21.6 Å². The van der Waals surface area contributed by atoms with Gasteiger partial charge in [-0.3, -0.25) is 0 Å². The number of nitrogens with two attached hydrogens (primary N) is 1. The van der Waals surface area contributed by atoms with Crippen molar-refractivity contribution in [1.82, 2.24) is 4.98 Å². The first kappa shape index (κ1) is 11.9. The molecule has 0 aliphatic carbocycles. The lowest BCUT2D eigenvalue weighted by Crippen LogP contribution is -2.17. The molecule has 8 heteroatoms. The number of pyridine rings is 1. The van der Waals surface area contributed by atoms with Gasteiger partial charge in [-0.1, -0.05) is 0 Å². The van der Waals surface area contributed by atoms with E-state index in [0.717, 1.165) is 6.07 Å². The molecule has 15 heavy (non-hydrogen) atoms. The monoisotopic (exact) mass is 240 g/mol. The van der Waals surface area contributed by atoms with Gasteiger partial charge in [0.2, 0.25) is 5.03 Å². The van der Waals surface area contributed by atoms with Gasteiger partial charge < -0.3 is 0 Å². The topological polar surface area (TPSA) is 73.1 Å². The number of primary sulfonamides is 1. The Bertz CT molecular complexity index is 487. The molecule has 0 aliphatic rings. The van der Waals surface area contributed by atoms with Crippen LogP contribution in [0.1, 0.15) is 17.7 Å². The predicted molar refractivity (Wildman–Crippen MR) is 45.3 cm³/mol. The van der Waals surface area contributed by atoms with Crippen molar-refractivity contribution in [2.45, 2.75) is 18.4 Å². The number of alkyl halides is 2. The normalized spacial score (nSPS) is 12.1. The Morgan fingerprint density at radius 1 is 1.47 bits per heavy atom. The molecule has 84 valence electrons. The van der Waals surface area contributed by atoms with E-state index in [9.17, 15) is 21.6 Å². The summed E-state index contributed by atoms with van der Waals surface area (Å²) in [5.41, 5.74) is -1.07. The molecule has 0 bridgehead atoms. The van der Waals surface area contributed by atoms with E-state index in [-0.39, 0.29) is 5.69 Å². The molecular weight excluding hydrogens is 233 g/mol. The summed E-state index contributed by atoms with van der Waals surface area (Å²) in [5, 5.41) is 3.47. The molecule has 2 N–H and O–H groups in total. The third kappa shape index (κ3) is 2.45. The van der Waals surface area contributed by atoms with Crippen LogP contribution in [0.2, 0.25) is 0 Å². The molecule has 0 spiro atoms. The van der Waals surface area contributed by atoms with Gasteiger partial charge in [0.05, 0.1) is 5.56 Å². The highest BCUT2D eigenvalue weighted by Gasteiger charge is 2.24. The molecule has 0 saturated carbocycles. The third-order valence-corrected chi connectivity index (χ3v) is 2.40. The third-order valence-electron chi connectivity index (χ3n) is 1.59.